The molecule has 1 aromatic heterocycles. The number of ether oxygens (including phenoxy) is 1. The normalized spacial score (nSPS) is 19.3. The Bertz CT molecular complexity index is 785. The van der Waals surface area contributed by atoms with Gasteiger partial charge in [0.1, 0.15) is 5.76 Å². The van der Waals surface area contributed by atoms with E-state index in [4.69, 9.17) is 14.3 Å². The van der Waals surface area contributed by atoms with Crippen LogP contribution in [0.5, 0.6) is 0 Å². The zero-order chi connectivity index (χ0) is 20.6. The number of benzene rings is 1. The summed E-state index contributed by atoms with van der Waals surface area (Å²) in [6.07, 6.45) is 3.22. The Hall–Kier alpha value is -1.61. The molecule has 0 aliphatic carbocycles. The molecule has 0 spiro atoms. The highest BCUT2D eigenvalue weighted by Crippen LogP contribution is 2.33. The van der Waals surface area contributed by atoms with E-state index in [1.807, 2.05) is 13.8 Å². The molecule has 30 heavy (non-hydrogen) atoms. The van der Waals surface area contributed by atoms with Gasteiger partial charge in [0.25, 0.3) is 0 Å². The molecule has 1 aliphatic heterocycles. The topological polar surface area (TPSA) is 71.7 Å². The van der Waals surface area contributed by atoms with Crippen molar-refractivity contribution >= 4 is 29.9 Å². The van der Waals surface area contributed by atoms with Crippen LogP contribution < -0.4 is 10.6 Å². The van der Waals surface area contributed by atoms with Crippen LogP contribution in [0, 0.1) is 26.7 Å². The highest BCUT2D eigenvalue weighted by molar-refractivity contribution is 14.0. The Morgan fingerprint density at radius 1 is 1.17 bits per heavy atom. The van der Waals surface area contributed by atoms with Crippen molar-refractivity contribution in [3.63, 3.8) is 0 Å². The van der Waals surface area contributed by atoms with Crippen LogP contribution in [-0.4, -0.2) is 37.4 Å². The molecule has 1 aliphatic rings. The van der Waals surface area contributed by atoms with E-state index in [9.17, 15) is 0 Å². The minimum absolute atomic E-state index is 0. The highest BCUT2D eigenvalue weighted by Gasteiger charge is 2.27. The second-order valence-corrected chi connectivity index (χ2v) is 7.80. The number of aromatic nitrogens is 1. The van der Waals surface area contributed by atoms with Crippen molar-refractivity contribution in [3.8, 4) is 0 Å². The third-order valence-electron chi connectivity index (χ3n) is 5.53. The van der Waals surface area contributed by atoms with E-state index in [1.165, 1.54) is 16.7 Å². The maximum absolute atomic E-state index is 6.14. The fraction of sp³-hybridized carbons (Fsp3) is 0.565. The lowest BCUT2D eigenvalue weighted by Gasteiger charge is -2.31. The molecule has 2 aromatic rings. The van der Waals surface area contributed by atoms with Gasteiger partial charge in [-0.1, -0.05) is 35.0 Å². The zero-order valence-electron chi connectivity index (χ0n) is 18.5. The smallest absolute Gasteiger partial charge is 0.191 e. The Morgan fingerprint density at radius 2 is 1.93 bits per heavy atom. The Balaban J connectivity index is 0.00000320. The van der Waals surface area contributed by atoms with Crippen molar-refractivity contribution in [2.24, 2.45) is 10.9 Å². The molecule has 3 rings (SSSR count). The monoisotopic (exact) mass is 526 g/mol. The van der Waals surface area contributed by atoms with E-state index < -0.39 is 0 Å². The first kappa shape index (κ1) is 24.7. The van der Waals surface area contributed by atoms with E-state index in [0.29, 0.717) is 5.92 Å². The number of aryl methyl sites for hydroxylation is 3. The van der Waals surface area contributed by atoms with Gasteiger partial charge >= 0.3 is 0 Å². The number of nitrogens with one attached hydrogen (secondary N) is 2. The molecule has 0 bridgehead atoms. The number of aliphatic imine (C=N–C) groups is 1. The van der Waals surface area contributed by atoms with E-state index >= 15 is 0 Å². The molecule has 1 saturated heterocycles. The molecule has 0 saturated carbocycles. The van der Waals surface area contributed by atoms with Gasteiger partial charge in [-0.05, 0) is 52.5 Å². The first-order valence-corrected chi connectivity index (χ1v) is 10.7. The standard InChI is InChI=1S/C23H34N4O2.HI/c1-5-24-23(25-13-12-21-17(3)27-29-18(21)4)26-15-20-7-6-14-28-22(20)19-10-8-16(2)9-11-19;/h8-11,20,22H,5-7,12-15H2,1-4H3,(H2,24,25,26);1H. The van der Waals surface area contributed by atoms with E-state index in [-0.39, 0.29) is 30.1 Å². The molecular weight excluding hydrogens is 491 g/mol. The van der Waals surface area contributed by atoms with Crippen molar-refractivity contribution in [2.75, 3.05) is 26.2 Å². The van der Waals surface area contributed by atoms with Crippen LogP contribution in [0.1, 0.15) is 54.0 Å². The van der Waals surface area contributed by atoms with Crippen LogP contribution in [0.25, 0.3) is 0 Å². The van der Waals surface area contributed by atoms with Crippen LogP contribution in [0.3, 0.4) is 0 Å². The summed E-state index contributed by atoms with van der Waals surface area (Å²) in [5.41, 5.74) is 4.67. The highest BCUT2D eigenvalue weighted by atomic mass is 127. The van der Waals surface area contributed by atoms with Gasteiger partial charge in [0.15, 0.2) is 5.96 Å². The number of hydrogen-bond donors (Lipinski definition) is 2. The number of guanidine groups is 1. The van der Waals surface area contributed by atoms with E-state index in [0.717, 1.165) is 62.9 Å². The van der Waals surface area contributed by atoms with Gasteiger partial charge in [-0.2, -0.15) is 0 Å². The number of hydrogen-bond acceptors (Lipinski definition) is 4. The molecule has 166 valence electrons. The molecule has 2 heterocycles. The zero-order valence-corrected chi connectivity index (χ0v) is 20.9. The van der Waals surface area contributed by atoms with Gasteiger partial charge in [0.2, 0.25) is 0 Å². The predicted molar refractivity (Wildman–Crippen MR) is 132 cm³/mol. The maximum Gasteiger partial charge on any atom is 0.191 e. The summed E-state index contributed by atoms with van der Waals surface area (Å²) in [7, 11) is 0. The van der Waals surface area contributed by atoms with Gasteiger partial charge in [-0.25, -0.2) is 0 Å². The molecule has 0 amide bonds. The Kier molecular flexibility index (Phi) is 10.1. The first-order valence-electron chi connectivity index (χ1n) is 10.7. The van der Waals surface area contributed by atoms with Gasteiger partial charge in [-0.3, -0.25) is 4.99 Å². The van der Waals surface area contributed by atoms with Crippen LogP contribution >= 0.6 is 24.0 Å². The average Bonchev–Trinajstić information content (AvgIpc) is 3.05. The summed E-state index contributed by atoms with van der Waals surface area (Å²) in [4.78, 5) is 4.87. The second-order valence-electron chi connectivity index (χ2n) is 7.80. The van der Waals surface area contributed by atoms with Gasteiger partial charge < -0.3 is 19.9 Å². The van der Waals surface area contributed by atoms with Crippen molar-refractivity contribution in [1.82, 2.24) is 15.8 Å². The molecule has 0 radical (unpaired) electrons. The third-order valence-corrected chi connectivity index (χ3v) is 5.53. The molecule has 6 nitrogen and oxygen atoms in total. The molecule has 2 N–H and O–H groups in total. The fourth-order valence-corrected chi connectivity index (χ4v) is 3.87. The van der Waals surface area contributed by atoms with Crippen molar-refractivity contribution < 1.29 is 9.26 Å². The van der Waals surface area contributed by atoms with Crippen molar-refractivity contribution in [2.45, 2.75) is 53.1 Å². The maximum atomic E-state index is 6.14. The lowest BCUT2D eigenvalue weighted by molar-refractivity contribution is -0.0250. The van der Waals surface area contributed by atoms with Crippen molar-refractivity contribution in [3.05, 3.63) is 52.4 Å². The number of halogens is 1. The van der Waals surface area contributed by atoms with Gasteiger partial charge in [0.05, 0.1) is 11.8 Å². The summed E-state index contributed by atoms with van der Waals surface area (Å²) in [5, 5.41) is 10.8. The van der Waals surface area contributed by atoms with Crippen LogP contribution in [-0.2, 0) is 11.2 Å². The largest absolute Gasteiger partial charge is 0.373 e. The summed E-state index contributed by atoms with van der Waals surface area (Å²) >= 11 is 0. The van der Waals surface area contributed by atoms with Crippen LogP contribution in [0.15, 0.2) is 33.8 Å². The van der Waals surface area contributed by atoms with Crippen molar-refractivity contribution in [1.29, 1.82) is 0 Å². The molecule has 7 heteroatoms. The fourth-order valence-electron chi connectivity index (χ4n) is 3.87. The first-order chi connectivity index (χ1) is 14.1. The lowest BCUT2D eigenvalue weighted by atomic mass is 9.89. The SMILES string of the molecule is CCNC(=NCC1CCCOC1c1ccc(C)cc1)NCCc1c(C)noc1C.I. The molecule has 2 unspecified atom stereocenters. The molecule has 2 atom stereocenters. The molecule has 1 fully saturated rings. The lowest BCUT2D eigenvalue weighted by Crippen LogP contribution is -2.39. The minimum Gasteiger partial charge on any atom is -0.373 e. The second kappa shape index (κ2) is 12.3. The summed E-state index contributed by atoms with van der Waals surface area (Å²) in [6, 6.07) is 8.70. The average molecular weight is 526 g/mol. The van der Waals surface area contributed by atoms with E-state index in [2.05, 4.69) is 53.9 Å². The van der Waals surface area contributed by atoms with Crippen LogP contribution in [0.2, 0.25) is 0 Å². The van der Waals surface area contributed by atoms with Crippen LogP contribution in [0.4, 0.5) is 0 Å². The summed E-state index contributed by atoms with van der Waals surface area (Å²) in [6.45, 7) is 11.3. The number of nitrogens with zero attached hydrogens (tertiary/aromatic N) is 2. The Labute approximate surface area is 197 Å². The molecular formula is C23H35IN4O2. The molecule has 1 aromatic carbocycles. The van der Waals surface area contributed by atoms with E-state index in [1.54, 1.807) is 0 Å². The summed E-state index contributed by atoms with van der Waals surface area (Å²) in [5.74, 6) is 2.14. The minimum atomic E-state index is 0. The Morgan fingerprint density at radius 3 is 2.60 bits per heavy atom. The quantitative estimate of drug-likeness (QED) is 0.316. The van der Waals surface area contributed by atoms with Gasteiger partial charge in [-0.15, -0.1) is 24.0 Å². The van der Waals surface area contributed by atoms with Gasteiger partial charge in [0, 0.05) is 37.7 Å². The number of rotatable bonds is 7. The third kappa shape index (κ3) is 6.70. The summed E-state index contributed by atoms with van der Waals surface area (Å²) < 4.78 is 11.4. The predicted octanol–water partition coefficient (Wildman–Crippen LogP) is 4.48.